The Morgan fingerprint density at radius 1 is 0.912 bits per heavy atom. The first-order chi connectivity index (χ1) is 15.8. The van der Waals surface area contributed by atoms with Gasteiger partial charge >= 0.3 is 5.97 Å². The number of aliphatic carboxylic acids is 1. The van der Waals surface area contributed by atoms with Crippen molar-refractivity contribution in [1.82, 2.24) is 0 Å². The van der Waals surface area contributed by atoms with E-state index in [1.807, 2.05) is 0 Å². The Labute approximate surface area is 206 Å². The number of carboxylic acid groups (broad SMARTS) is 1. The van der Waals surface area contributed by atoms with Crippen molar-refractivity contribution >= 4 is 5.97 Å². The van der Waals surface area contributed by atoms with Crippen molar-refractivity contribution in [3.8, 4) is 0 Å². The molecule has 34 heavy (non-hydrogen) atoms. The van der Waals surface area contributed by atoms with Gasteiger partial charge in [0.2, 0.25) is 0 Å². The minimum Gasteiger partial charge on any atom is -0.481 e. The van der Waals surface area contributed by atoms with Gasteiger partial charge in [0.25, 0.3) is 0 Å². The van der Waals surface area contributed by atoms with Gasteiger partial charge in [-0.25, -0.2) is 0 Å². The molecule has 0 amide bonds. The molecule has 192 valence electrons. The number of hydrogen-bond acceptors (Lipinski definition) is 3. The third-order valence-electron chi connectivity index (χ3n) is 13.4. The van der Waals surface area contributed by atoms with E-state index in [9.17, 15) is 20.1 Å². The molecule has 0 saturated heterocycles. The zero-order valence-electron chi connectivity index (χ0n) is 22.2. The van der Waals surface area contributed by atoms with Crippen LogP contribution in [-0.2, 0) is 4.79 Å². The molecule has 5 aliphatic rings. The van der Waals surface area contributed by atoms with Crippen molar-refractivity contribution < 1.29 is 20.1 Å². The van der Waals surface area contributed by atoms with E-state index >= 15 is 0 Å². The average molecular weight is 473 g/mol. The highest BCUT2D eigenvalue weighted by atomic mass is 16.4. The SMILES string of the molecule is C=C(C)[C@@H]1CC[C@]2(C(=O)O)CC[C@]3(CO)[C@H](CC[C@H]4[C@@]5(C)CC[C@H](O)C(C)(C)[C@@H]5CC[C@]43C)[C@@H]12. The number of hydrogen-bond donors (Lipinski definition) is 3. The smallest absolute Gasteiger partial charge is 0.309 e. The summed E-state index contributed by atoms with van der Waals surface area (Å²) < 4.78 is 0. The first-order valence-corrected chi connectivity index (χ1v) is 14.0. The molecule has 0 aliphatic heterocycles. The first kappa shape index (κ1) is 24.8. The minimum atomic E-state index is -0.645. The number of carboxylic acids is 1. The van der Waals surface area contributed by atoms with Crippen LogP contribution in [0.3, 0.4) is 0 Å². The summed E-state index contributed by atoms with van der Waals surface area (Å²) in [6.45, 7) is 16.1. The second-order valence-electron chi connectivity index (χ2n) is 14.4. The molecule has 0 bridgehead atoms. The quantitative estimate of drug-likeness (QED) is 0.436. The van der Waals surface area contributed by atoms with Crippen molar-refractivity contribution in [2.75, 3.05) is 6.61 Å². The maximum atomic E-state index is 12.8. The van der Waals surface area contributed by atoms with Crippen LogP contribution < -0.4 is 0 Å². The van der Waals surface area contributed by atoms with E-state index in [4.69, 9.17) is 0 Å². The topological polar surface area (TPSA) is 77.8 Å². The summed E-state index contributed by atoms with van der Waals surface area (Å²) in [4.78, 5) is 12.8. The molecule has 5 fully saturated rings. The van der Waals surface area contributed by atoms with Gasteiger partial charge in [0.15, 0.2) is 0 Å². The fraction of sp³-hybridized carbons (Fsp3) is 0.900. The minimum absolute atomic E-state index is 0.00116. The lowest BCUT2D eigenvalue weighted by molar-refractivity contribution is -0.261. The van der Waals surface area contributed by atoms with E-state index in [1.54, 1.807) is 0 Å². The summed E-state index contributed by atoms with van der Waals surface area (Å²) in [6, 6.07) is 0. The Morgan fingerprint density at radius 2 is 1.62 bits per heavy atom. The monoisotopic (exact) mass is 472 g/mol. The molecular formula is C30H48O4. The lowest BCUT2D eigenvalue weighted by Gasteiger charge is -2.73. The molecule has 5 rings (SSSR count). The lowest BCUT2D eigenvalue weighted by Crippen LogP contribution is -2.68. The Hall–Kier alpha value is -0.870. The summed E-state index contributed by atoms with van der Waals surface area (Å²) in [7, 11) is 0. The first-order valence-electron chi connectivity index (χ1n) is 14.0. The van der Waals surface area contributed by atoms with Crippen LogP contribution >= 0.6 is 0 Å². The highest BCUT2D eigenvalue weighted by molar-refractivity contribution is 5.76. The number of allylic oxidation sites excluding steroid dienone is 1. The van der Waals surface area contributed by atoms with Crippen molar-refractivity contribution in [3.05, 3.63) is 12.2 Å². The Bertz CT molecular complexity index is 879. The van der Waals surface area contributed by atoms with Crippen LogP contribution in [0.25, 0.3) is 0 Å². The predicted molar refractivity (Wildman–Crippen MR) is 134 cm³/mol. The molecule has 0 aromatic heterocycles. The van der Waals surface area contributed by atoms with E-state index in [0.717, 1.165) is 63.4 Å². The van der Waals surface area contributed by atoms with Crippen LogP contribution in [0.1, 0.15) is 98.8 Å². The lowest BCUT2D eigenvalue weighted by atomic mass is 9.32. The number of fused-ring (bicyclic) bond motifs is 7. The normalized spacial score (nSPS) is 53.7. The van der Waals surface area contributed by atoms with E-state index in [0.29, 0.717) is 18.3 Å². The van der Waals surface area contributed by atoms with E-state index < -0.39 is 11.4 Å². The summed E-state index contributed by atoms with van der Waals surface area (Å²) >= 11 is 0. The average Bonchev–Trinajstić information content (AvgIpc) is 3.18. The molecule has 10 atom stereocenters. The van der Waals surface area contributed by atoms with Crippen molar-refractivity contribution in [2.24, 2.45) is 56.7 Å². The molecule has 4 nitrogen and oxygen atoms in total. The summed E-state index contributed by atoms with van der Waals surface area (Å²) in [5.41, 5.74) is 0.348. The summed E-state index contributed by atoms with van der Waals surface area (Å²) in [6.07, 6.45) is 9.23. The Kier molecular flexibility index (Phi) is 5.52. The van der Waals surface area contributed by atoms with Crippen LogP contribution in [0.2, 0.25) is 0 Å². The second kappa shape index (κ2) is 7.57. The molecule has 0 aromatic rings. The molecule has 0 spiro atoms. The molecule has 0 radical (unpaired) electrons. The van der Waals surface area contributed by atoms with Crippen LogP contribution in [0.15, 0.2) is 12.2 Å². The summed E-state index contributed by atoms with van der Waals surface area (Å²) in [5, 5.41) is 32.7. The molecule has 3 N–H and O–H groups in total. The van der Waals surface area contributed by atoms with Gasteiger partial charge in [-0.3, -0.25) is 4.79 Å². The fourth-order valence-electron chi connectivity index (χ4n) is 11.7. The Balaban J connectivity index is 1.60. The molecule has 4 heteroatoms. The number of aliphatic hydroxyl groups excluding tert-OH is 2. The van der Waals surface area contributed by atoms with Gasteiger partial charge in [-0.2, -0.15) is 0 Å². The van der Waals surface area contributed by atoms with Crippen molar-refractivity contribution in [3.63, 3.8) is 0 Å². The second-order valence-corrected chi connectivity index (χ2v) is 14.4. The van der Waals surface area contributed by atoms with E-state index in [-0.39, 0.29) is 52.1 Å². The predicted octanol–water partition coefficient (Wildman–Crippen LogP) is 6.06. The maximum Gasteiger partial charge on any atom is 0.309 e. The summed E-state index contributed by atoms with van der Waals surface area (Å²) in [5.74, 6) is 0.981. The fourth-order valence-corrected chi connectivity index (χ4v) is 11.7. The van der Waals surface area contributed by atoms with Crippen molar-refractivity contribution in [2.45, 2.75) is 105 Å². The largest absolute Gasteiger partial charge is 0.481 e. The van der Waals surface area contributed by atoms with E-state index in [2.05, 4.69) is 41.2 Å². The Morgan fingerprint density at radius 3 is 2.24 bits per heavy atom. The van der Waals surface area contributed by atoms with Gasteiger partial charge in [-0.1, -0.05) is 39.8 Å². The highest BCUT2D eigenvalue weighted by Crippen LogP contribution is 2.77. The number of aliphatic hydroxyl groups is 2. The van der Waals surface area contributed by atoms with Gasteiger partial charge < -0.3 is 15.3 Å². The van der Waals surface area contributed by atoms with E-state index in [1.165, 1.54) is 0 Å². The third-order valence-corrected chi connectivity index (χ3v) is 13.4. The molecule has 0 aromatic carbocycles. The highest BCUT2D eigenvalue weighted by Gasteiger charge is 2.73. The van der Waals surface area contributed by atoms with Gasteiger partial charge in [-0.05, 0) is 117 Å². The molecule has 0 unspecified atom stereocenters. The molecular weight excluding hydrogens is 424 g/mol. The number of carbonyl (C=O) groups is 1. The number of rotatable bonds is 3. The molecule has 0 heterocycles. The van der Waals surface area contributed by atoms with Crippen molar-refractivity contribution in [1.29, 1.82) is 0 Å². The van der Waals surface area contributed by atoms with Crippen LogP contribution in [0, 0.1) is 56.7 Å². The van der Waals surface area contributed by atoms with Crippen LogP contribution in [0.4, 0.5) is 0 Å². The maximum absolute atomic E-state index is 12.8. The zero-order chi connectivity index (χ0) is 24.9. The third kappa shape index (κ3) is 2.76. The van der Waals surface area contributed by atoms with Gasteiger partial charge in [0.05, 0.1) is 11.5 Å². The van der Waals surface area contributed by atoms with Gasteiger partial charge in [0, 0.05) is 12.0 Å². The molecule has 5 saturated carbocycles. The van der Waals surface area contributed by atoms with Gasteiger partial charge in [0.1, 0.15) is 0 Å². The van der Waals surface area contributed by atoms with Crippen LogP contribution in [0.5, 0.6) is 0 Å². The van der Waals surface area contributed by atoms with Gasteiger partial charge in [-0.15, -0.1) is 0 Å². The standard InChI is InChI=1S/C30H48O4/c1-18(2)19-9-14-29(25(33)34)15-16-30(17-31)20(24(19)29)7-8-22-27(5)12-11-23(32)26(3,4)21(27)10-13-28(22,30)6/h19-24,31-32H,1,7-17H2,2-6H3,(H,33,34)/t19-,20+,21-,22-,23-,24+,27-,28+,29-,30-/m0/s1. The zero-order valence-corrected chi connectivity index (χ0v) is 22.2. The van der Waals surface area contributed by atoms with Crippen LogP contribution in [-0.4, -0.2) is 34.0 Å². The molecule has 5 aliphatic carbocycles.